The molecule has 0 aliphatic heterocycles. The average molecular weight is 268 g/mol. The van der Waals surface area contributed by atoms with E-state index in [2.05, 4.69) is 0 Å². The molecule has 1 aliphatic carbocycles. The Hall–Kier alpha value is -2.62. The fourth-order valence-corrected chi connectivity index (χ4v) is 2.76. The number of rotatable bonds is 4. The van der Waals surface area contributed by atoms with E-state index < -0.39 is 5.97 Å². The maximum atomic E-state index is 11.1. The van der Waals surface area contributed by atoms with E-state index >= 15 is 0 Å². The summed E-state index contributed by atoms with van der Waals surface area (Å²) in [5, 5.41) is 9.11. The predicted octanol–water partition coefficient (Wildman–Crippen LogP) is 2.67. The molecule has 4 nitrogen and oxygen atoms in total. The highest BCUT2D eigenvalue weighted by molar-refractivity contribution is 5.90. The largest absolute Gasteiger partial charge is 0.478 e. The van der Waals surface area contributed by atoms with Gasteiger partial charge in [-0.3, -0.25) is 4.79 Å². The zero-order chi connectivity index (χ0) is 14.1. The van der Waals surface area contributed by atoms with Gasteiger partial charge in [-0.25, -0.2) is 4.79 Å². The summed E-state index contributed by atoms with van der Waals surface area (Å²) in [4.78, 5) is 21.6. The molecule has 3 rings (SSSR count). The number of carboxylic acids is 1. The third-order valence-electron chi connectivity index (χ3n) is 3.63. The molecule has 1 unspecified atom stereocenters. The van der Waals surface area contributed by atoms with Gasteiger partial charge in [0.2, 0.25) is 0 Å². The zero-order valence-corrected chi connectivity index (χ0v) is 10.6. The Morgan fingerprint density at radius 1 is 1.15 bits per heavy atom. The van der Waals surface area contributed by atoms with Gasteiger partial charge in [-0.05, 0) is 34.4 Å². The number of benzene rings is 2. The lowest BCUT2D eigenvalue weighted by atomic mass is 9.96. The number of carbonyl (C=O) groups excluding carboxylic acids is 1. The fourth-order valence-electron chi connectivity index (χ4n) is 2.76. The quantitative estimate of drug-likeness (QED) is 0.866. The molecular weight excluding hydrogens is 256 g/mol. The minimum atomic E-state index is -0.959. The van der Waals surface area contributed by atoms with Crippen molar-refractivity contribution in [3.05, 3.63) is 59.2 Å². The Morgan fingerprint density at radius 3 is 2.65 bits per heavy atom. The molecule has 0 radical (unpaired) electrons. The SMILES string of the molecule is O=COCC1c2ccccc2-c2ccc(C(=O)O)cc21. The van der Waals surface area contributed by atoms with E-state index in [4.69, 9.17) is 9.84 Å². The van der Waals surface area contributed by atoms with Gasteiger partial charge in [-0.1, -0.05) is 30.3 Å². The van der Waals surface area contributed by atoms with Crippen LogP contribution in [0, 0.1) is 0 Å². The van der Waals surface area contributed by atoms with Crippen LogP contribution in [0.4, 0.5) is 0 Å². The van der Waals surface area contributed by atoms with Gasteiger partial charge in [-0.2, -0.15) is 0 Å². The second-order valence-electron chi connectivity index (χ2n) is 4.68. The molecule has 0 saturated heterocycles. The maximum Gasteiger partial charge on any atom is 0.335 e. The van der Waals surface area contributed by atoms with Crippen molar-refractivity contribution in [2.45, 2.75) is 5.92 Å². The first kappa shape index (κ1) is 12.4. The van der Waals surface area contributed by atoms with Crippen LogP contribution in [0.3, 0.4) is 0 Å². The molecule has 100 valence electrons. The first-order valence-electron chi connectivity index (χ1n) is 6.24. The minimum absolute atomic E-state index is 0.106. The van der Waals surface area contributed by atoms with Crippen molar-refractivity contribution in [3.63, 3.8) is 0 Å². The molecular formula is C16H12O4. The number of hydrogen-bond acceptors (Lipinski definition) is 3. The number of carboxylic acid groups (broad SMARTS) is 1. The second kappa shape index (κ2) is 4.81. The van der Waals surface area contributed by atoms with Gasteiger partial charge < -0.3 is 9.84 Å². The van der Waals surface area contributed by atoms with E-state index in [0.29, 0.717) is 6.47 Å². The van der Waals surface area contributed by atoms with Gasteiger partial charge in [0.05, 0.1) is 5.56 Å². The van der Waals surface area contributed by atoms with E-state index in [1.165, 1.54) is 0 Å². The second-order valence-corrected chi connectivity index (χ2v) is 4.68. The van der Waals surface area contributed by atoms with Gasteiger partial charge in [-0.15, -0.1) is 0 Å². The summed E-state index contributed by atoms with van der Waals surface area (Å²) in [7, 11) is 0. The van der Waals surface area contributed by atoms with Gasteiger partial charge >= 0.3 is 5.97 Å². The lowest BCUT2D eigenvalue weighted by molar-refractivity contribution is -0.128. The zero-order valence-electron chi connectivity index (χ0n) is 10.6. The summed E-state index contributed by atoms with van der Waals surface area (Å²) in [6.07, 6.45) is 0. The lowest BCUT2D eigenvalue weighted by Gasteiger charge is -2.12. The molecule has 1 aliphatic rings. The summed E-state index contributed by atoms with van der Waals surface area (Å²) in [5.41, 5.74) is 4.27. The van der Waals surface area contributed by atoms with Crippen molar-refractivity contribution in [2.75, 3.05) is 6.61 Å². The number of aromatic carboxylic acids is 1. The highest BCUT2D eigenvalue weighted by Crippen LogP contribution is 2.44. The molecule has 20 heavy (non-hydrogen) atoms. The van der Waals surface area contributed by atoms with E-state index in [-0.39, 0.29) is 18.1 Å². The van der Waals surface area contributed by atoms with E-state index in [1.807, 2.05) is 30.3 Å². The Balaban J connectivity index is 2.14. The van der Waals surface area contributed by atoms with Crippen LogP contribution in [0.5, 0.6) is 0 Å². The third-order valence-corrected chi connectivity index (χ3v) is 3.63. The van der Waals surface area contributed by atoms with E-state index in [1.54, 1.807) is 12.1 Å². The maximum absolute atomic E-state index is 11.1. The van der Waals surface area contributed by atoms with Crippen molar-refractivity contribution in [1.82, 2.24) is 0 Å². The molecule has 0 bridgehead atoms. The molecule has 1 N–H and O–H groups in total. The fraction of sp³-hybridized carbons (Fsp3) is 0.125. The number of carbonyl (C=O) groups is 2. The number of fused-ring (bicyclic) bond motifs is 3. The van der Waals surface area contributed by atoms with Crippen LogP contribution >= 0.6 is 0 Å². The van der Waals surface area contributed by atoms with Crippen LogP contribution in [0.1, 0.15) is 27.4 Å². The molecule has 0 fully saturated rings. The minimum Gasteiger partial charge on any atom is -0.478 e. The smallest absolute Gasteiger partial charge is 0.335 e. The Morgan fingerprint density at radius 2 is 1.90 bits per heavy atom. The molecule has 4 heteroatoms. The van der Waals surface area contributed by atoms with Crippen molar-refractivity contribution in [3.8, 4) is 11.1 Å². The molecule has 1 atom stereocenters. The Labute approximate surface area is 115 Å². The predicted molar refractivity (Wildman–Crippen MR) is 72.7 cm³/mol. The summed E-state index contributed by atoms with van der Waals surface area (Å²) in [6, 6.07) is 12.9. The van der Waals surface area contributed by atoms with Crippen molar-refractivity contribution in [2.24, 2.45) is 0 Å². The van der Waals surface area contributed by atoms with Gasteiger partial charge in [0.15, 0.2) is 0 Å². The average Bonchev–Trinajstić information content (AvgIpc) is 2.78. The van der Waals surface area contributed by atoms with Crippen molar-refractivity contribution in [1.29, 1.82) is 0 Å². The lowest BCUT2D eigenvalue weighted by Crippen LogP contribution is -2.07. The highest BCUT2D eigenvalue weighted by Gasteiger charge is 2.29. The first-order chi connectivity index (χ1) is 9.72. The molecule has 0 saturated carbocycles. The molecule has 2 aromatic carbocycles. The van der Waals surface area contributed by atoms with Gasteiger partial charge in [0, 0.05) is 5.92 Å². The molecule has 0 heterocycles. The molecule has 0 spiro atoms. The van der Waals surface area contributed by atoms with Crippen LogP contribution in [0.25, 0.3) is 11.1 Å². The summed E-state index contributed by atoms with van der Waals surface area (Å²) < 4.78 is 4.90. The van der Waals surface area contributed by atoms with Crippen molar-refractivity contribution >= 4 is 12.4 Å². The van der Waals surface area contributed by atoms with Crippen LogP contribution in [-0.2, 0) is 9.53 Å². The van der Waals surface area contributed by atoms with Gasteiger partial charge in [0.25, 0.3) is 6.47 Å². The van der Waals surface area contributed by atoms with Crippen LogP contribution in [0.15, 0.2) is 42.5 Å². The topological polar surface area (TPSA) is 63.6 Å². The molecule has 2 aromatic rings. The summed E-state index contributed by atoms with van der Waals surface area (Å²) in [6.45, 7) is 0.637. The summed E-state index contributed by atoms with van der Waals surface area (Å²) in [5.74, 6) is -1.07. The van der Waals surface area contributed by atoms with Crippen LogP contribution < -0.4 is 0 Å². The molecule has 0 aromatic heterocycles. The van der Waals surface area contributed by atoms with E-state index in [9.17, 15) is 9.59 Å². The first-order valence-corrected chi connectivity index (χ1v) is 6.24. The highest BCUT2D eigenvalue weighted by atomic mass is 16.5. The Kier molecular flexibility index (Phi) is 2.99. The molecule has 0 amide bonds. The van der Waals surface area contributed by atoms with Crippen LogP contribution in [0.2, 0.25) is 0 Å². The Bertz CT molecular complexity index is 691. The van der Waals surface area contributed by atoms with Crippen molar-refractivity contribution < 1.29 is 19.4 Å². The third kappa shape index (κ3) is 1.86. The van der Waals surface area contributed by atoms with Crippen LogP contribution in [-0.4, -0.2) is 24.2 Å². The summed E-state index contributed by atoms with van der Waals surface area (Å²) >= 11 is 0. The normalized spacial score (nSPS) is 15.3. The standard InChI is InChI=1S/C16H12O4/c17-9-20-8-15-12-4-2-1-3-11(12)13-6-5-10(16(18)19)7-14(13)15/h1-7,9,15H,8H2,(H,18,19). The van der Waals surface area contributed by atoms with E-state index in [0.717, 1.165) is 22.3 Å². The number of hydrogen-bond donors (Lipinski definition) is 1. The van der Waals surface area contributed by atoms with Gasteiger partial charge in [0.1, 0.15) is 6.61 Å². The number of ether oxygens (including phenoxy) is 1. The monoisotopic (exact) mass is 268 g/mol.